The second kappa shape index (κ2) is 8.62. The summed E-state index contributed by atoms with van der Waals surface area (Å²) in [6, 6.07) is 14.5. The molecule has 1 aromatic heterocycles. The molecular formula is C21H16FN3O2. The average Bonchev–Trinajstić information content (AvgIpc) is 2.69. The van der Waals surface area contributed by atoms with Crippen LogP contribution in [-0.4, -0.2) is 21.7 Å². The van der Waals surface area contributed by atoms with Crippen molar-refractivity contribution in [1.29, 1.82) is 0 Å². The first-order valence-corrected chi connectivity index (χ1v) is 8.24. The van der Waals surface area contributed by atoms with E-state index >= 15 is 0 Å². The molecule has 134 valence electrons. The van der Waals surface area contributed by atoms with Crippen molar-refractivity contribution in [3.05, 3.63) is 95.8 Å². The molecule has 2 aromatic carbocycles. The van der Waals surface area contributed by atoms with E-state index in [1.54, 1.807) is 12.1 Å². The van der Waals surface area contributed by atoms with Crippen molar-refractivity contribution >= 4 is 23.5 Å². The van der Waals surface area contributed by atoms with Gasteiger partial charge in [0.15, 0.2) is 5.82 Å². The minimum atomic E-state index is -0.353. The van der Waals surface area contributed by atoms with Gasteiger partial charge in [0.2, 0.25) is 11.7 Å². The smallest absolute Gasteiger partial charge is 0.228 e. The Bertz CT molecular complexity index is 953. The number of anilines is 1. The van der Waals surface area contributed by atoms with Crippen molar-refractivity contribution in [3.8, 4) is 0 Å². The van der Waals surface area contributed by atoms with Gasteiger partial charge in [-0.25, -0.2) is 14.4 Å². The van der Waals surface area contributed by atoms with Crippen LogP contribution in [0.3, 0.4) is 0 Å². The number of carbonyl (C=O) groups is 2. The third kappa shape index (κ3) is 5.40. The van der Waals surface area contributed by atoms with Gasteiger partial charge in [0.1, 0.15) is 5.82 Å². The summed E-state index contributed by atoms with van der Waals surface area (Å²) in [5.41, 5.74) is 2.19. The van der Waals surface area contributed by atoms with E-state index < -0.39 is 0 Å². The van der Waals surface area contributed by atoms with Gasteiger partial charge in [0.25, 0.3) is 0 Å². The van der Waals surface area contributed by atoms with Gasteiger partial charge >= 0.3 is 0 Å². The van der Waals surface area contributed by atoms with Crippen LogP contribution in [0.25, 0.3) is 6.08 Å². The van der Waals surface area contributed by atoms with E-state index in [2.05, 4.69) is 15.3 Å². The van der Waals surface area contributed by atoms with Gasteiger partial charge in [-0.1, -0.05) is 30.3 Å². The summed E-state index contributed by atoms with van der Waals surface area (Å²) in [4.78, 5) is 31.8. The fraction of sp³-hybridized carbons (Fsp3) is 0.0476. The van der Waals surface area contributed by atoms with Crippen molar-refractivity contribution in [2.24, 2.45) is 0 Å². The Labute approximate surface area is 155 Å². The highest BCUT2D eigenvalue weighted by Crippen LogP contribution is 2.11. The number of nitrogens with zero attached hydrogens (tertiary/aromatic N) is 2. The number of hydrogen-bond donors (Lipinski definition) is 1. The zero-order chi connectivity index (χ0) is 19.1. The number of amides is 1. The summed E-state index contributed by atoms with van der Waals surface area (Å²) in [7, 11) is 0. The number of aromatic nitrogens is 2. The Kier molecular flexibility index (Phi) is 5.79. The molecule has 0 saturated carbocycles. The number of benzene rings is 2. The number of ketones is 1. The predicted octanol–water partition coefficient (Wildman–Crippen LogP) is 3.69. The van der Waals surface area contributed by atoms with E-state index in [1.807, 2.05) is 24.3 Å². The van der Waals surface area contributed by atoms with Crippen LogP contribution in [-0.2, 0) is 11.2 Å². The minimum absolute atomic E-state index is 0.142. The maximum atomic E-state index is 12.9. The molecule has 0 saturated heterocycles. The van der Waals surface area contributed by atoms with E-state index in [1.165, 1.54) is 42.7 Å². The molecule has 3 rings (SSSR count). The quantitative estimate of drug-likeness (QED) is 0.537. The first kappa shape index (κ1) is 18.1. The summed E-state index contributed by atoms with van der Waals surface area (Å²) < 4.78 is 12.9. The molecule has 5 nitrogen and oxygen atoms in total. The lowest BCUT2D eigenvalue weighted by Gasteiger charge is -2.05. The van der Waals surface area contributed by atoms with Gasteiger partial charge in [-0.3, -0.25) is 9.59 Å². The van der Waals surface area contributed by atoms with Crippen LogP contribution in [0.5, 0.6) is 0 Å². The molecule has 0 atom stereocenters. The van der Waals surface area contributed by atoms with Crippen LogP contribution in [0.2, 0.25) is 0 Å². The van der Waals surface area contributed by atoms with E-state index in [9.17, 15) is 14.0 Å². The maximum absolute atomic E-state index is 12.9. The highest BCUT2D eigenvalue weighted by Gasteiger charge is 2.05. The first-order valence-electron chi connectivity index (χ1n) is 8.24. The molecule has 1 heterocycles. The molecule has 0 aliphatic carbocycles. The van der Waals surface area contributed by atoms with E-state index in [0.717, 1.165) is 11.1 Å². The average molecular weight is 361 g/mol. The van der Waals surface area contributed by atoms with Gasteiger partial charge in [0.05, 0.1) is 6.42 Å². The molecule has 6 heteroatoms. The lowest BCUT2D eigenvalue weighted by Crippen LogP contribution is -2.14. The predicted molar refractivity (Wildman–Crippen MR) is 101 cm³/mol. The van der Waals surface area contributed by atoms with Crippen molar-refractivity contribution in [2.75, 3.05) is 5.32 Å². The van der Waals surface area contributed by atoms with Crippen LogP contribution in [0.1, 0.15) is 21.7 Å². The van der Waals surface area contributed by atoms with E-state index in [4.69, 9.17) is 0 Å². The van der Waals surface area contributed by atoms with Gasteiger partial charge in [0, 0.05) is 18.1 Å². The molecule has 1 amide bonds. The molecule has 0 radical (unpaired) electrons. The number of halogens is 1. The Morgan fingerprint density at radius 3 is 2.30 bits per heavy atom. The summed E-state index contributed by atoms with van der Waals surface area (Å²) in [5, 5.41) is 2.71. The van der Waals surface area contributed by atoms with Crippen molar-refractivity contribution in [1.82, 2.24) is 9.97 Å². The molecule has 0 unspecified atom stereocenters. The molecule has 0 aliphatic rings. The largest absolute Gasteiger partial charge is 0.326 e. The summed E-state index contributed by atoms with van der Waals surface area (Å²) in [6.07, 6.45) is 6.30. The standard InChI is InChI=1S/C21H16FN3O2/c22-17-7-9-18(10-8-17)25-20(27)14-16-4-2-15(3-5-16)6-11-19(26)21-23-12-1-13-24-21/h1-13H,14H2,(H,25,27)/b11-6+. The zero-order valence-corrected chi connectivity index (χ0v) is 14.3. The van der Waals surface area contributed by atoms with E-state index in [0.29, 0.717) is 5.69 Å². The van der Waals surface area contributed by atoms with Crippen LogP contribution in [0, 0.1) is 5.82 Å². The van der Waals surface area contributed by atoms with E-state index in [-0.39, 0.29) is 29.8 Å². The minimum Gasteiger partial charge on any atom is -0.326 e. The number of carbonyl (C=O) groups excluding carboxylic acids is 2. The Morgan fingerprint density at radius 1 is 0.963 bits per heavy atom. The first-order chi connectivity index (χ1) is 13.1. The van der Waals surface area contributed by atoms with Crippen molar-refractivity contribution in [2.45, 2.75) is 6.42 Å². The SMILES string of the molecule is O=C(Cc1ccc(/C=C/C(=O)c2ncccn2)cc1)Nc1ccc(F)cc1. The van der Waals surface area contributed by atoms with Crippen LogP contribution in [0.15, 0.2) is 73.1 Å². The third-order valence-electron chi connectivity index (χ3n) is 3.69. The van der Waals surface area contributed by atoms with Crippen LogP contribution < -0.4 is 5.32 Å². The number of hydrogen-bond acceptors (Lipinski definition) is 4. The van der Waals surface area contributed by atoms with Gasteiger partial charge in [-0.15, -0.1) is 0 Å². The van der Waals surface area contributed by atoms with Crippen LogP contribution >= 0.6 is 0 Å². The summed E-state index contributed by atoms with van der Waals surface area (Å²) in [5.74, 6) is -0.684. The lowest BCUT2D eigenvalue weighted by molar-refractivity contribution is -0.115. The number of rotatable bonds is 6. The molecule has 0 aliphatic heterocycles. The van der Waals surface area contributed by atoms with Gasteiger partial charge in [-0.2, -0.15) is 0 Å². The van der Waals surface area contributed by atoms with Crippen molar-refractivity contribution < 1.29 is 14.0 Å². The van der Waals surface area contributed by atoms with Gasteiger partial charge < -0.3 is 5.32 Å². The second-order valence-electron chi connectivity index (χ2n) is 5.74. The maximum Gasteiger partial charge on any atom is 0.228 e. The third-order valence-corrected chi connectivity index (χ3v) is 3.69. The molecule has 3 aromatic rings. The topological polar surface area (TPSA) is 72.0 Å². The molecule has 1 N–H and O–H groups in total. The molecule has 0 fully saturated rings. The van der Waals surface area contributed by atoms with Crippen LogP contribution in [0.4, 0.5) is 10.1 Å². The van der Waals surface area contributed by atoms with Crippen molar-refractivity contribution in [3.63, 3.8) is 0 Å². The number of allylic oxidation sites excluding steroid dienone is 1. The Balaban J connectivity index is 1.56. The Hall–Kier alpha value is -3.67. The molecule has 0 bridgehead atoms. The monoisotopic (exact) mass is 361 g/mol. The lowest BCUT2D eigenvalue weighted by atomic mass is 10.1. The van der Waals surface area contributed by atoms with Gasteiger partial charge in [-0.05, 0) is 47.5 Å². The molecule has 0 spiro atoms. The molecule has 27 heavy (non-hydrogen) atoms. The second-order valence-corrected chi connectivity index (χ2v) is 5.74. The number of nitrogens with one attached hydrogen (secondary N) is 1. The zero-order valence-electron chi connectivity index (χ0n) is 14.3. The Morgan fingerprint density at radius 2 is 1.63 bits per heavy atom. The summed E-state index contributed by atoms with van der Waals surface area (Å²) in [6.45, 7) is 0. The summed E-state index contributed by atoms with van der Waals surface area (Å²) >= 11 is 0. The fourth-order valence-electron chi connectivity index (χ4n) is 2.34. The molecular weight excluding hydrogens is 345 g/mol. The highest BCUT2D eigenvalue weighted by atomic mass is 19.1. The highest BCUT2D eigenvalue weighted by molar-refractivity contribution is 6.04. The normalized spacial score (nSPS) is 10.7. The fourth-order valence-corrected chi connectivity index (χ4v) is 2.34.